The molecule has 1 N–H and O–H groups in total. The second-order valence-electron chi connectivity index (χ2n) is 6.73. The van der Waals surface area contributed by atoms with Crippen LogP contribution in [0.25, 0.3) is 0 Å². The molecule has 1 unspecified atom stereocenters. The lowest BCUT2D eigenvalue weighted by Crippen LogP contribution is -2.43. The molecule has 0 bridgehead atoms. The summed E-state index contributed by atoms with van der Waals surface area (Å²) in [5.41, 5.74) is 0.835. The summed E-state index contributed by atoms with van der Waals surface area (Å²) in [4.78, 5) is 23.8. The van der Waals surface area contributed by atoms with Crippen LogP contribution in [-0.4, -0.2) is 22.5 Å². The van der Waals surface area contributed by atoms with Crippen LogP contribution in [0.1, 0.15) is 56.9 Å². The number of aliphatic hydroxyl groups excluding tert-OH is 1. The minimum absolute atomic E-state index is 0.128. The van der Waals surface area contributed by atoms with Gasteiger partial charge in [-0.3, -0.25) is 4.79 Å². The van der Waals surface area contributed by atoms with E-state index in [-0.39, 0.29) is 17.5 Å². The molecule has 1 aromatic carbocycles. The molecule has 1 atom stereocenters. The van der Waals surface area contributed by atoms with Crippen molar-refractivity contribution in [3.63, 3.8) is 0 Å². The van der Waals surface area contributed by atoms with Gasteiger partial charge in [0.25, 0.3) is 0 Å². The molecule has 4 heteroatoms. The van der Waals surface area contributed by atoms with Gasteiger partial charge in [0.2, 0.25) is 0 Å². The molecular formula is C19H22O4. The molecule has 4 nitrogen and oxygen atoms in total. The van der Waals surface area contributed by atoms with Crippen molar-refractivity contribution in [2.24, 2.45) is 0 Å². The van der Waals surface area contributed by atoms with E-state index in [1.165, 1.54) is 0 Å². The molecular weight excluding hydrogens is 292 g/mol. The average molecular weight is 314 g/mol. The van der Waals surface area contributed by atoms with Crippen LogP contribution in [0, 0.1) is 0 Å². The quantitative estimate of drug-likeness (QED) is 0.861. The third-order valence-electron chi connectivity index (χ3n) is 4.99. The van der Waals surface area contributed by atoms with E-state index in [2.05, 4.69) is 0 Å². The Hall–Kier alpha value is -2.10. The minimum atomic E-state index is -0.672. The fourth-order valence-corrected chi connectivity index (χ4v) is 3.49. The van der Waals surface area contributed by atoms with Crippen LogP contribution in [0.15, 0.2) is 41.7 Å². The Labute approximate surface area is 136 Å². The van der Waals surface area contributed by atoms with Gasteiger partial charge in [-0.05, 0) is 30.7 Å². The Morgan fingerprint density at radius 1 is 1.17 bits per heavy atom. The molecule has 2 aliphatic rings. The second kappa shape index (κ2) is 6.19. The van der Waals surface area contributed by atoms with Crippen molar-refractivity contribution in [3.05, 3.63) is 47.2 Å². The van der Waals surface area contributed by atoms with Crippen molar-refractivity contribution in [2.75, 3.05) is 0 Å². The van der Waals surface area contributed by atoms with E-state index in [1.54, 1.807) is 0 Å². The molecule has 23 heavy (non-hydrogen) atoms. The van der Waals surface area contributed by atoms with E-state index in [1.807, 2.05) is 37.3 Å². The third kappa shape index (κ3) is 3.31. The Bertz CT molecular complexity index is 635. The number of carbonyl (C=O) groups is 2. The van der Waals surface area contributed by atoms with Gasteiger partial charge in [0.05, 0.1) is 5.57 Å². The predicted molar refractivity (Wildman–Crippen MR) is 86.0 cm³/mol. The first-order valence-electron chi connectivity index (χ1n) is 8.20. The zero-order chi connectivity index (χ0) is 16.4. The number of rotatable bonds is 3. The fourth-order valence-electron chi connectivity index (χ4n) is 3.49. The van der Waals surface area contributed by atoms with Crippen LogP contribution in [0.5, 0.6) is 0 Å². The van der Waals surface area contributed by atoms with Crippen molar-refractivity contribution in [2.45, 2.75) is 57.0 Å². The highest BCUT2D eigenvalue weighted by Crippen LogP contribution is 2.41. The van der Waals surface area contributed by atoms with E-state index < -0.39 is 11.6 Å². The lowest BCUT2D eigenvalue weighted by atomic mass is 9.78. The molecule has 1 aliphatic carbocycles. The summed E-state index contributed by atoms with van der Waals surface area (Å²) in [6, 6.07) is 9.92. The molecule has 0 saturated heterocycles. The molecule has 1 aromatic rings. The maximum absolute atomic E-state index is 12.4. The SMILES string of the molecule is CC(CC1=C(O)CC2(CCC(=O)CC2)OC1=O)c1ccccc1. The standard InChI is InChI=1S/C19H22O4/c1-13(14-5-3-2-4-6-14)11-16-17(21)12-19(23-18(16)22)9-7-15(20)8-10-19/h2-6,13,21H,7-12H2,1H3. The lowest BCUT2D eigenvalue weighted by molar-refractivity contribution is -0.164. The summed E-state index contributed by atoms with van der Waals surface area (Å²) in [6.07, 6.45) is 2.69. The number of ether oxygens (including phenoxy) is 1. The molecule has 1 saturated carbocycles. The zero-order valence-electron chi connectivity index (χ0n) is 13.4. The Morgan fingerprint density at radius 2 is 1.83 bits per heavy atom. The van der Waals surface area contributed by atoms with Gasteiger partial charge < -0.3 is 9.84 Å². The van der Waals surface area contributed by atoms with Gasteiger partial charge in [0, 0.05) is 19.3 Å². The Morgan fingerprint density at radius 3 is 2.43 bits per heavy atom. The zero-order valence-corrected chi connectivity index (χ0v) is 13.4. The summed E-state index contributed by atoms with van der Waals surface area (Å²) in [7, 11) is 0. The lowest BCUT2D eigenvalue weighted by Gasteiger charge is -2.39. The van der Waals surface area contributed by atoms with Gasteiger partial charge in [-0.2, -0.15) is 0 Å². The number of ketones is 1. The number of carbonyl (C=O) groups excluding carboxylic acids is 2. The highest BCUT2D eigenvalue weighted by Gasteiger charge is 2.44. The van der Waals surface area contributed by atoms with Crippen LogP contribution in [0.3, 0.4) is 0 Å². The summed E-state index contributed by atoms with van der Waals surface area (Å²) in [5.74, 6) is 0.0470. The summed E-state index contributed by atoms with van der Waals surface area (Å²) < 4.78 is 5.67. The molecule has 0 amide bonds. The van der Waals surface area contributed by atoms with Crippen molar-refractivity contribution >= 4 is 11.8 Å². The van der Waals surface area contributed by atoms with Crippen LogP contribution in [0.4, 0.5) is 0 Å². The Kier molecular flexibility index (Phi) is 4.24. The minimum Gasteiger partial charge on any atom is -0.512 e. The highest BCUT2D eigenvalue weighted by atomic mass is 16.6. The number of esters is 1. The number of Topliss-reactive ketones (excluding diaryl/α,β-unsaturated/α-hetero) is 1. The highest BCUT2D eigenvalue weighted by molar-refractivity contribution is 5.90. The molecule has 1 spiro atoms. The van der Waals surface area contributed by atoms with Gasteiger partial charge in [0.1, 0.15) is 17.1 Å². The van der Waals surface area contributed by atoms with Gasteiger partial charge in [-0.25, -0.2) is 4.79 Å². The average Bonchev–Trinajstić information content (AvgIpc) is 2.55. The molecule has 1 fully saturated rings. The molecule has 1 aliphatic heterocycles. The third-order valence-corrected chi connectivity index (χ3v) is 4.99. The van der Waals surface area contributed by atoms with Crippen molar-refractivity contribution in [3.8, 4) is 0 Å². The summed E-state index contributed by atoms with van der Waals surface area (Å²) in [5, 5.41) is 10.4. The van der Waals surface area contributed by atoms with E-state index in [0.29, 0.717) is 44.1 Å². The summed E-state index contributed by atoms with van der Waals surface area (Å²) >= 11 is 0. The second-order valence-corrected chi connectivity index (χ2v) is 6.73. The van der Waals surface area contributed by atoms with Gasteiger partial charge in [-0.15, -0.1) is 0 Å². The number of benzene rings is 1. The first kappa shape index (κ1) is 15.8. The smallest absolute Gasteiger partial charge is 0.337 e. The Balaban J connectivity index is 1.75. The van der Waals surface area contributed by atoms with Crippen molar-refractivity contribution < 1.29 is 19.4 Å². The predicted octanol–water partition coefficient (Wildman–Crippen LogP) is 3.82. The van der Waals surface area contributed by atoms with E-state index in [4.69, 9.17) is 4.74 Å². The van der Waals surface area contributed by atoms with E-state index in [0.717, 1.165) is 5.56 Å². The van der Waals surface area contributed by atoms with Crippen LogP contribution in [0.2, 0.25) is 0 Å². The maximum Gasteiger partial charge on any atom is 0.337 e. The number of hydrogen-bond donors (Lipinski definition) is 1. The molecule has 0 aromatic heterocycles. The number of hydrogen-bond acceptors (Lipinski definition) is 4. The molecule has 1 heterocycles. The fraction of sp³-hybridized carbons (Fsp3) is 0.474. The van der Waals surface area contributed by atoms with Crippen molar-refractivity contribution in [1.29, 1.82) is 0 Å². The van der Waals surface area contributed by atoms with E-state index in [9.17, 15) is 14.7 Å². The van der Waals surface area contributed by atoms with Gasteiger partial charge in [0.15, 0.2) is 0 Å². The molecule has 122 valence electrons. The normalized spacial score (nSPS) is 22.1. The van der Waals surface area contributed by atoms with Gasteiger partial charge >= 0.3 is 5.97 Å². The topological polar surface area (TPSA) is 63.6 Å². The monoisotopic (exact) mass is 314 g/mol. The molecule has 0 radical (unpaired) electrons. The molecule has 3 rings (SSSR count). The first-order chi connectivity index (χ1) is 11.0. The number of aliphatic hydroxyl groups is 1. The maximum atomic E-state index is 12.4. The van der Waals surface area contributed by atoms with E-state index >= 15 is 0 Å². The summed E-state index contributed by atoms with van der Waals surface area (Å²) in [6.45, 7) is 2.03. The first-order valence-corrected chi connectivity index (χ1v) is 8.20. The van der Waals surface area contributed by atoms with Crippen molar-refractivity contribution in [1.82, 2.24) is 0 Å². The van der Waals surface area contributed by atoms with Crippen LogP contribution in [-0.2, 0) is 14.3 Å². The van der Waals surface area contributed by atoms with Crippen LogP contribution < -0.4 is 0 Å². The largest absolute Gasteiger partial charge is 0.512 e. The van der Waals surface area contributed by atoms with Gasteiger partial charge in [-0.1, -0.05) is 37.3 Å². The van der Waals surface area contributed by atoms with Crippen LogP contribution >= 0.6 is 0 Å².